The van der Waals surface area contributed by atoms with Gasteiger partial charge in [-0.2, -0.15) is 0 Å². The van der Waals surface area contributed by atoms with E-state index in [9.17, 15) is 4.39 Å². The van der Waals surface area contributed by atoms with Gasteiger partial charge in [0.05, 0.1) is 11.6 Å². The Morgan fingerprint density at radius 1 is 1.33 bits per heavy atom. The summed E-state index contributed by atoms with van der Waals surface area (Å²) in [5.41, 5.74) is 0.819. The zero-order valence-electron chi connectivity index (χ0n) is 13.9. The van der Waals surface area contributed by atoms with Gasteiger partial charge in [-0.05, 0) is 37.1 Å². The van der Waals surface area contributed by atoms with Crippen molar-refractivity contribution in [2.75, 3.05) is 13.1 Å². The van der Waals surface area contributed by atoms with Crippen molar-refractivity contribution in [3.05, 3.63) is 50.1 Å². The van der Waals surface area contributed by atoms with Crippen molar-refractivity contribution < 1.29 is 4.39 Å². The molecule has 0 saturated carbocycles. The van der Waals surface area contributed by atoms with E-state index in [1.165, 1.54) is 17.0 Å². The SMILES string of the molecule is CCNC(=NCc1cc(F)ccc1Br)NCCc1ncc(CC)s1. The Morgan fingerprint density at radius 3 is 2.88 bits per heavy atom. The lowest BCUT2D eigenvalue weighted by Gasteiger charge is -2.11. The fourth-order valence-electron chi connectivity index (χ4n) is 2.09. The number of nitrogens with one attached hydrogen (secondary N) is 2. The number of aryl methyl sites for hydroxylation is 1. The number of hydrogen-bond donors (Lipinski definition) is 2. The standard InChI is InChI=1S/C17H22BrFN4S/c1-3-14-11-22-16(24-14)7-8-21-17(20-4-2)23-10-12-9-13(19)5-6-15(12)18/h5-6,9,11H,3-4,7-8,10H2,1-2H3,(H2,20,21,23). The van der Waals surface area contributed by atoms with Crippen molar-refractivity contribution in [3.63, 3.8) is 0 Å². The van der Waals surface area contributed by atoms with Crippen LogP contribution in [0.2, 0.25) is 0 Å². The highest BCUT2D eigenvalue weighted by Crippen LogP contribution is 2.18. The van der Waals surface area contributed by atoms with Gasteiger partial charge in [0, 0.05) is 35.1 Å². The lowest BCUT2D eigenvalue weighted by molar-refractivity contribution is 0.625. The van der Waals surface area contributed by atoms with Gasteiger partial charge in [0.15, 0.2) is 5.96 Å². The first-order valence-electron chi connectivity index (χ1n) is 8.02. The third kappa shape index (κ3) is 5.87. The summed E-state index contributed by atoms with van der Waals surface area (Å²) in [6.07, 6.45) is 3.83. The molecule has 2 N–H and O–H groups in total. The highest BCUT2D eigenvalue weighted by molar-refractivity contribution is 9.10. The van der Waals surface area contributed by atoms with E-state index >= 15 is 0 Å². The number of aromatic nitrogens is 1. The molecule has 4 nitrogen and oxygen atoms in total. The molecule has 0 radical (unpaired) electrons. The Bertz CT molecular complexity index is 687. The largest absolute Gasteiger partial charge is 0.357 e. The number of thiazole rings is 1. The molecule has 1 aromatic heterocycles. The molecule has 0 atom stereocenters. The molecule has 1 heterocycles. The molecule has 0 aliphatic carbocycles. The third-order valence-corrected chi connectivity index (χ3v) is 5.32. The smallest absolute Gasteiger partial charge is 0.191 e. The number of hydrogen-bond acceptors (Lipinski definition) is 3. The molecule has 2 rings (SSSR count). The molecule has 2 aromatic rings. The van der Waals surface area contributed by atoms with Gasteiger partial charge in [0.25, 0.3) is 0 Å². The van der Waals surface area contributed by atoms with Crippen LogP contribution in [0.3, 0.4) is 0 Å². The number of benzene rings is 1. The van der Waals surface area contributed by atoms with Crippen molar-refractivity contribution in [3.8, 4) is 0 Å². The molecule has 0 spiro atoms. The van der Waals surface area contributed by atoms with Crippen LogP contribution in [0.5, 0.6) is 0 Å². The zero-order valence-corrected chi connectivity index (χ0v) is 16.3. The quantitative estimate of drug-likeness (QED) is 0.535. The van der Waals surface area contributed by atoms with Gasteiger partial charge in [-0.3, -0.25) is 0 Å². The Balaban J connectivity index is 1.91. The monoisotopic (exact) mass is 412 g/mol. The van der Waals surface area contributed by atoms with Crippen LogP contribution in [0.15, 0.2) is 33.9 Å². The number of halogens is 2. The van der Waals surface area contributed by atoms with Gasteiger partial charge in [-0.1, -0.05) is 22.9 Å². The highest BCUT2D eigenvalue weighted by atomic mass is 79.9. The Morgan fingerprint density at radius 2 is 2.17 bits per heavy atom. The molecule has 0 unspecified atom stereocenters. The van der Waals surface area contributed by atoms with Crippen LogP contribution in [-0.2, 0) is 19.4 Å². The predicted molar refractivity (Wildman–Crippen MR) is 102 cm³/mol. The normalized spacial score (nSPS) is 11.6. The van der Waals surface area contributed by atoms with E-state index < -0.39 is 0 Å². The zero-order chi connectivity index (χ0) is 17.4. The summed E-state index contributed by atoms with van der Waals surface area (Å²) in [7, 11) is 0. The molecule has 0 aliphatic rings. The van der Waals surface area contributed by atoms with E-state index in [0.717, 1.165) is 46.9 Å². The lowest BCUT2D eigenvalue weighted by atomic mass is 10.2. The average Bonchev–Trinajstić information content (AvgIpc) is 3.03. The van der Waals surface area contributed by atoms with Crippen molar-refractivity contribution in [1.82, 2.24) is 15.6 Å². The van der Waals surface area contributed by atoms with Gasteiger partial charge in [-0.25, -0.2) is 14.4 Å². The summed E-state index contributed by atoms with van der Waals surface area (Å²) < 4.78 is 14.2. The van der Waals surface area contributed by atoms with Gasteiger partial charge < -0.3 is 10.6 Å². The first-order valence-corrected chi connectivity index (χ1v) is 9.63. The summed E-state index contributed by atoms with van der Waals surface area (Å²) in [5, 5.41) is 7.63. The minimum Gasteiger partial charge on any atom is -0.357 e. The minimum absolute atomic E-state index is 0.253. The van der Waals surface area contributed by atoms with Gasteiger partial charge in [-0.15, -0.1) is 11.3 Å². The second-order valence-electron chi connectivity index (χ2n) is 5.18. The van der Waals surface area contributed by atoms with E-state index in [-0.39, 0.29) is 5.82 Å². The topological polar surface area (TPSA) is 49.3 Å². The van der Waals surface area contributed by atoms with Gasteiger partial charge >= 0.3 is 0 Å². The fourth-order valence-corrected chi connectivity index (χ4v) is 3.32. The van der Waals surface area contributed by atoms with Crippen LogP contribution in [0.1, 0.15) is 29.3 Å². The average molecular weight is 413 g/mol. The molecule has 0 aliphatic heterocycles. The highest BCUT2D eigenvalue weighted by Gasteiger charge is 2.04. The summed E-state index contributed by atoms with van der Waals surface area (Å²) in [6.45, 7) is 6.09. The van der Waals surface area contributed by atoms with E-state index in [1.54, 1.807) is 17.4 Å². The minimum atomic E-state index is -0.253. The number of aliphatic imine (C=N–C) groups is 1. The molecule has 0 bridgehead atoms. The third-order valence-electron chi connectivity index (χ3n) is 3.34. The maximum Gasteiger partial charge on any atom is 0.191 e. The Labute approximate surface area is 154 Å². The van der Waals surface area contributed by atoms with Gasteiger partial charge in [0.2, 0.25) is 0 Å². The summed E-state index contributed by atoms with van der Waals surface area (Å²) in [6, 6.07) is 4.63. The first-order chi connectivity index (χ1) is 11.6. The first kappa shape index (κ1) is 18.9. The molecular weight excluding hydrogens is 391 g/mol. The summed E-state index contributed by atoms with van der Waals surface area (Å²) in [4.78, 5) is 10.2. The summed E-state index contributed by atoms with van der Waals surface area (Å²) in [5.74, 6) is 0.470. The lowest BCUT2D eigenvalue weighted by Crippen LogP contribution is -2.38. The van der Waals surface area contributed by atoms with Crippen molar-refractivity contribution >= 4 is 33.2 Å². The van der Waals surface area contributed by atoms with Crippen LogP contribution < -0.4 is 10.6 Å². The Hall–Kier alpha value is -1.47. The summed E-state index contributed by atoms with van der Waals surface area (Å²) >= 11 is 5.18. The second-order valence-corrected chi connectivity index (χ2v) is 7.24. The number of rotatable bonds is 7. The van der Waals surface area contributed by atoms with E-state index in [0.29, 0.717) is 6.54 Å². The predicted octanol–water partition coefficient (Wildman–Crippen LogP) is 3.90. The molecule has 130 valence electrons. The Kier molecular flexibility index (Phi) is 7.65. The number of guanidine groups is 1. The molecule has 0 amide bonds. The molecule has 0 fully saturated rings. The van der Waals surface area contributed by atoms with E-state index in [1.807, 2.05) is 13.1 Å². The maximum atomic E-state index is 13.3. The molecular formula is C17H22BrFN4S. The van der Waals surface area contributed by atoms with Crippen LogP contribution in [-0.4, -0.2) is 24.0 Å². The molecule has 7 heteroatoms. The van der Waals surface area contributed by atoms with E-state index in [4.69, 9.17) is 0 Å². The maximum absolute atomic E-state index is 13.3. The van der Waals surface area contributed by atoms with Crippen molar-refractivity contribution in [1.29, 1.82) is 0 Å². The van der Waals surface area contributed by atoms with E-state index in [2.05, 4.69) is 43.5 Å². The van der Waals surface area contributed by atoms with Crippen LogP contribution in [0.25, 0.3) is 0 Å². The van der Waals surface area contributed by atoms with Gasteiger partial charge in [0.1, 0.15) is 5.82 Å². The molecule has 1 aromatic carbocycles. The van der Waals surface area contributed by atoms with Crippen LogP contribution in [0, 0.1) is 5.82 Å². The second kappa shape index (κ2) is 9.74. The van der Waals surface area contributed by atoms with Crippen molar-refractivity contribution in [2.24, 2.45) is 4.99 Å². The van der Waals surface area contributed by atoms with Crippen molar-refractivity contribution in [2.45, 2.75) is 33.2 Å². The van der Waals surface area contributed by atoms with Crippen LogP contribution >= 0.6 is 27.3 Å². The number of nitrogens with zero attached hydrogens (tertiary/aromatic N) is 2. The fraction of sp³-hybridized carbons (Fsp3) is 0.412. The molecule has 0 saturated heterocycles. The van der Waals surface area contributed by atoms with Crippen LogP contribution in [0.4, 0.5) is 4.39 Å². The molecule has 24 heavy (non-hydrogen) atoms.